The predicted molar refractivity (Wildman–Crippen MR) is 88.9 cm³/mol. The summed E-state index contributed by atoms with van der Waals surface area (Å²) < 4.78 is 37.3. The van der Waals surface area contributed by atoms with Crippen LogP contribution in [-0.2, 0) is 4.79 Å². The summed E-state index contributed by atoms with van der Waals surface area (Å²) in [4.78, 5) is 25.3. The number of halogens is 3. The van der Waals surface area contributed by atoms with Gasteiger partial charge in [-0.15, -0.1) is 11.8 Å². The van der Waals surface area contributed by atoms with Crippen LogP contribution in [0.3, 0.4) is 0 Å². The number of carboxylic acid groups (broad SMARTS) is 1. The Morgan fingerprint density at radius 2 is 2.08 bits per heavy atom. The number of carboxylic acids is 1. The monoisotopic (exact) mass is 376 g/mol. The molecular weight excluding hydrogens is 357 g/mol. The van der Waals surface area contributed by atoms with Crippen LogP contribution in [0.15, 0.2) is 23.1 Å². The topological polar surface area (TPSA) is 69.6 Å². The number of likely N-dealkylation sites (tertiary alicyclic amines) is 1. The molecule has 1 unspecified atom stereocenters. The quantitative estimate of drug-likeness (QED) is 0.780. The van der Waals surface area contributed by atoms with E-state index in [9.17, 15) is 27.9 Å². The molecular formula is C16H19F3N2O3S. The summed E-state index contributed by atoms with van der Waals surface area (Å²) in [5, 5.41) is 11.8. The minimum atomic E-state index is -4.31. The van der Waals surface area contributed by atoms with Crippen molar-refractivity contribution in [2.75, 3.05) is 24.2 Å². The largest absolute Gasteiger partial charge is 0.481 e. The lowest BCUT2D eigenvalue weighted by atomic mass is 9.90. The third-order valence-corrected chi connectivity index (χ3v) is 5.18. The van der Waals surface area contributed by atoms with Crippen molar-refractivity contribution in [3.05, 3.63) is 23.8 Å². The summed E-state index contributed by atoms with van der Waals surface area (Å²) in [6, 6.07) is 4.30. The lowest BCUT2D eigenvalue weighted by Crippen LogP contribution is -2.37. The first kappa shape index (κ1) is 19.4. The van der Waals surface area contributed by atoms with Gasteiger partial charge in [-0.2, -0.15) is 13.2 Å². The van der Waals surface area contributed by atoms with E-state index in [4.69, 9.17) is 0 Å². The number of carbonyl (C=O) groups is 2. The van der Waals surface area contributed by atoms with Gasteiger partial charge in [0.2, 0.25) is 0 Å². The minimum Gasteiger partial charge on any atom is -0.481 e. The van der Waals surface area contributed by atoms with Crippen molar-refractivity contribution in [1.82, 2.24) is 4.90 Å². The summed E-state index contributed by atoms with van der Waals surface area (Å²) >= 11 is 0.600. The lowest BCUT2D eigenvalue weighted by molar-refractivity contribution is -0.147. The van der Waals surface area contributed by atoms with Gasteiger partial charge in [-0.3, -0.25) is 4.79 Å². The zero-order valence-electron chi connectivity index (χ0n) is 13.8. The summed E-state index contributed by atoms with van der Waals surface area (Å²) in [7, 11) is 0. The van der Waals surface area contributed by atoms with Gasteiger partial charge in [0.1, 0.15) is 0 Å². The Morgan fingerprint density at radius 1 is 1.40 bits per heavy atom. The number of hydrogen-bond acceptors (Lipinski definition) is 3. The number of nitrogens with one attached hydrogen (secondary N) is 1. The highest BCUT2D eigenvalue weighted by Crippen LogP contribution is 2.34. The molecule has 1 aromatic carbocycles. The number of aryl methyl sites for hydroxylation is 1. The number of anilines is 1. The van der Waals surface area contributed by atoms with Crippen molar-refractivity contribution in [2.24, 2.45) is 5.41 Å². The Morgan fingerprint density at radius 3 is 2.64 bits per heavy atom. The molecule has 2 N–H and O–H groups in total. The van der Waals surface area contributed by atoms with E-state index in [-0.39, 0.29) is 13.1 Å². The Bertz CT molecular complexity index is 681. The van der Waals surface area contributed by atoms with Crippen LogP contribution in [0.5, 0.6) is 0 Å². The molecule has 1 fully saturated rings. The molecule has 2 amide bonds. The fourth-order valence-electron chi connectivity index (χ4n) is 2.53. The van der Waals surface area contributed by atoms with Crippen molar-refractivity contribution in [3.8, 4) is 0 Å². The van der Waals surface area contributed by atoms with Crippen molar-refractivity contribution >= 4 is 29.4 Å². The third kappa shape index (κ3) is 5.04. The number of aliphatic carboxylic acids is 1. The zero-order chi connectivity index (χ0) is 18.8. The first-order valence-corrected chi connectivity index (χ1v) is 8.58. The van der Waals surface area contributed by atoms with Crippen LogP contribution in [0.25, 0.3) is 0 Å². The van der Waals surface area contributed by atoms with Gasteiger partial charge in [-0.1, -0.05) is 6.07 Å². The van der Waals surface area contributed by atoms with E-state index in [1.807, 2.05) is 0 Å². The van der Waals surface area contributed by atoms with Crippen molar-refractivity contribution in [2.45, 2.75) is 31.3 Å². The van der Waals surface area contributed by atoms with E-state index < -0.39 is 29.3 Å². The fraction of sp³-hybridized carbons (Fsp3) is 0.500. The second-order valence-corrected chi connectivity index (χ2v) is 7.39. The molecule has 9 heteroatoms. The van der Waals surface area contributed by atoms with Crippen LogP contribution < -0.4 is 5.32 Å². The van der Waals surface area contributed by atoms with Gasteiger partial charge in [0, 0.05) is 18.0 Å². The number of thioether (sulfide) groups is 1. The van der Waals surface area contributed by atoms with E-state index in [1.165, 1.54) is 11.0 Å². The molecule has 1 aliphatic heterocycles. The van der Waals surface area contributed by atoms with E-state index in [1.54, 1.807) is 26.0 Å². The van der Waals surface area contributed by atoms with E-state index in [0.29, 0.717) is 28.8 Å². The van der Waals surface area contributed by atoms with Crippen LogP contribution in [0.4, 0.5) is 23.7 Å². The van der Waals surface area contributed by atoms with Crippen LogP contribution >= 0.6 is 11.8 Å². The molecule has 5 nitrogen and oxygen atoms in total. The molecule has 25 heavy (non-hydrogen) atoms. The Hall–Kier alpha value is -1.90. The molecule has 1 aromatic rings. The third-order valence-electron chi connectivity index (χ3n) is 4.04. The van der Waals surface area contributed by atoms with Crippen LogP contribution in [-0.4, -0.2) is 47.0 Å². The average Bonchev–Trinajstić information content (AvgIpc) is 2.89. The standard InChI is InChI=1S/C16H19F3N2O3S/c1-10-3-4-12(25-9-16(17,18)19)11(7-10)20-14(24)21-6-5-15(2,8-21)13(22)23/h3-4,7H,5-6,8-9H2,1-2H3,(H,20,24)(H,22,23). The zero-order valence-corrected chi connectivity index (χ0v) is 14.6. The van der Waals surface area contributed by atoms with Gasteiger partial charge in [-0.05, 0) is 38.0 Å². The highest BCUT2D eigenvalue weighted by atomic mass is 32.2. The summed E-state index contributed by atoms with van der Waals surface area (Å²) in [5.74, 6) is -2.03. The highest BCUT2D eigenvalue weighted by Gasteiger charge is 2.42. The van der Waals surface area contributed by atoms with E-state index in [2.05, 4.69) is 5.32 Å². The molecule has 0 saturated carbocycles. The van der Waals surface area contributed by atoms with Crippen molar-refractivity contribution < 1.29 is 27.9 Å². The van der Waals surface area contributed by atoms with Crippen LogP contribution in [0.1, 0.15) is 18.9 Å². The number of rotatable bonds is 4. The lowest BCUT2D eigenvalue weighted by Gasteiger charge is -2.21. The average molecular weight is 376 g/mol. The second kappa shape index (κ2) is 7.15. The van der Waals surface area contributed by atoms with Gasteiger partial charge in [0.05, 0.1) is 16.9 Å². The molecule has 2 rings (SSSR count). The molecule has 0 spiro atoms. The Kier molecular flexibility index (Phi) is 5.55. The number of amides is 2. The summed E-state index contributed by atoms with van der Waals surface area (Å²) in [6.45, 7) is 3.68. The number of benzene rings is 1. The highest BCUT2D eigenvalue weighted by molar-refractivity contribution is 7.99. The number of urea groups is 1. The molecule has 138 valence electrons. The van der Waals surface area contributed by atoms with Crippen LogP contribution in [0.2, 0.25) is 0 Å². The van der Waals surface area contributed by atoms with Gasteiger partial charge in [0.15, 0.2) is 0 Å². The van der Waals surface area contributed by atoms with Gasteiger partial charge >= 0.3 is 18.2 Å². The summed E-state index contributed by atoms with van der Waals surface area (Å²) in [6.07, 6.45) is -3.98. The van der Waals surface area contributed by atoms with Gasteiger partial charge < -0.3 is 15.3 Å². The predicted octanol–water partition coefficient (Wildman–Crippen LogP) is 3.98. The van der Waals surface area contributed by atoms with Crippen LogP contribution in [0, 0.1) is 12.3 Å². The smallest absolute Gasteiger partial charge is 0.398 e. The van der Waals surface area contributed by atoms with E-state index in [0.717, 1.165) is 5.56 Å². The molecule has 0 radical (unpaired) electrons. The number of carbonyl (C=O) groups excluding carboxylic acids is 1. The Labute approximate surface area is 147 Å². The molecule has 0 bridgehead atoms. The van der Waals surface area contributed by atoms with Gasteiger partial charge in [-0.25, -0.2) is 4.79 Å². The SMILES string of the molecule is Cc1ccc(SCC(F)(F)F)c(NC(=O)N2CCC(C)(C(=O)O)C2)c1. The van der Waals surface area contributed by atoms with Crippen molar-refractivity contribution in [1.29, 1.82) is 0 Å². The second-order valence-electron chi connectivity index (χ2n) is 6.37. The fourth-order valence-corrected chi connectivity index (χ4v) is 3.28. The maximum atomic E-state index is 12.4. The maximum absolute atomic E-state index is 12.4. The molecule has 0 aromatic heterocycles. The molecule has 1 heterocycles. The first-order valence-electron chi connectivity index (χ1n) is 7.60. The number of alkyl halides is 3. The molecule has 1 saturated heterocycles. The Balaban J connectivity index is 2.10. The molecule has 0 aliphatic carbocycles. The molecule has 1 aliphatic rings. The number of nitrogens with zero attached hydrogens (tertiary/aromatic N) is 1. The normalized spacial score (nSPS) is 20.6. The number of hydrogen-bond donors (Lipinski definition) is 2. The minimum absolute atomic E-state index is 0.0605. The maximum Gasteiger partial charge on any atom is 0.398 e. The van der Waals surface area contributed by atoms with E-state index >= 15 is 0 Å². The van der Waals surface area contributed by atoms with Gasteiger partial charge in [0.25, 0.3) is 0 Å². The first-order chi connectivity index (χ1) is 11.5. The summed E-state index contributed by atoms with van der Waals surface area (Å²) in [5.41, 5.74) is 0.0873. The molecule has 1 atom stereocenters. The van der Waals surface area contributed by atoms with Crippen molar-refractivity contribution in [3.63, 3.8) is 0 Å².